The molecule has 19 heavy (non-hydrogen) atoms. The number of aliphatic hydroxyl groups excluding tert-OH is 1. The molecule has 0 aliphatic heterocycles. The van der Waals surface area contributed by atoms with E-state index in [0.717, 1.165) is 36.2 Å². The van der Waals surface area contributed by atoms with Gasteiger partial charge in [-0.1, -0.05) is 12.1 Å². The SMILES string of the molecule is CC(=O)O.N[C@H]1CCc2c[nH]c3cccc(c23)[C@@H]1O. The number of aromatic amines is 1. The van der Waals surface area contributed by atoms with Crippen LogP contribution in [0.3, 0.4) is 0 Å². The Bertz CT molecular complexity index is 587. The van der Waals surface area contributed by atoms with Crippen molar-refractivity contribution in [2.75, 3.05) is 0 Å². The molecule has 0 bridgehead atoms. The summed E-state index contributed by atoms with van der Waals surface area (Å²) in [4.78, 5) is 12.2. The van der Waals surface area contributed by atoms with E-state index in [-0.39, 0.29) is 6.04 Å². The number of aromatic nitrogens is 1. The van der Waals surface area contributed by atoms with Crippen molar-refractivity contribution < 1.29 is 15.0 Å². The number of rotatable bonds is 0. The number of hydrogen-bond donors (Lipinski definition) is 4. The molecule has 1 heterocycles. The first-order valence-corrected chi connectivity index (χ1v) is 6.22. The van der Waals surface area contributed by atoms with Gasteiger partial charge in [0.05, 0.1) is 6.10 Å². The Kier molecular flexibility index (Phi) is 3.87. The molecule has 0 radical (unpaired) electrons. The Morgan fingerprint density at radius 2 is 2.16 bits per heavy atom. The summed E-state index contributed by atoms with van der Waals surface area (Å²) in [5, 5.41) is 18.7. The highest BCUT2D eigenvalue weighted by atomic mass is 16.4. The van der Waals surface area contributed by atoms with E-state index in [9.17, 15) is 5.11 Å². The van der Waals surface area contributed by atoms with E-state index < -0.39 is 12.1 Å². The van der Waals surface area contributed by atoms with Gasteiger partial charge in [-0.15, -0.1) is 0 Å². The van der Waals surface area contributed by atoms with Crippen LogP contribution in [0.1, 0.15) is 30.6 Å². The minimum absolute atomic E-state index is 0.150. The molecule has 5 nitrogen and oxygen atoms in total. The summed E-state index contributed by atoms with van der Waals surface area (Å²) in [5.41, 5.74) is 9.26. The molecule has 3 rings (SSSR count). The van der Waals surface area contributed by atoms with Gasteiger partial charge in [0.15, 0.2) is 0 Å². The lowest BCUT2D eigenvalue weighted by Crippen LogP contribution is -2.27. The zero-order valence-corrected chi connectivity index (χ0v) is 10.8. The van der Waals surface area contributed by atoms with Crippen LogP contribution in [0.25, 0.3) is 10.9 Å². The van der Waals surface area contributed by atoms with E-state index in [4.69, 9.17) is 15.6 Å². The third-order valence-corrected chi connectivity index (χ3v) is 3.29. The Morgan fingerprint density at radius 3 is 2.84 bits per heavy atom. The number of hydrogen-bond acceptors (Lipinski definition) is 3. The number of benzene rings is 1. The number of carbonyl (C=O) groups is 1. The van der Waals surface area contributed by atoms with Crippen LogP contribution in [0, 0.1) is 0 Å². The van der Waals surface area contributed by atoms with Crippen LogP contribution in [0.2, 0.25) is 0 Å². The number of aliphatic carboxylic acids is 1. The van der Waals surface area contributed by atoms with Crippen LogP contribution in [-0.2, 0) is 11.2 Å². The second kappa shape index (κ2) is 5.42. The number of aryl methyl sites for hydroxylation is 1. The molecule has 0 saturated carbocycles. The molecule has 1 aromatic heterocycles. The van der Waals surface area contributed by atoms with Gasteiger partial charge in [-0.2, -0.15) is 0 Å². The van der Waals surface area contributed by atoms with Gasteiger partial charge in [0.2, 0.25) is 0 Å². The molecule has 2 aromatic rings. The van der Waals surface area contributed by atoms with E-state index in [0.29, 0.717) is 0 Å². The van der Waals surface area contributed by atoms with Gasteiger partial charge in [-0.25, -0.2) is 0 Å². The van der Waals surface area contributed by atoms with Crippen molar-refractivity contribution in [3.63, 3.8) is 0 Å². The van der Waals surface area contributed by atoms with Crippen molar-refractivity contribution in [3.05, 3.63) is 35.5 Å². The first-order chi connectivity index (χ1) is 9.00. The fraction of sp³-hybridized carbons (Fsp3) is 0.357. The summed E-state index contributed by atoms with van der Waals surface area (Å²) < 4.78 is 0. The summed E-state index contributed by atoms with van der Waals surface area (Å²) in [7, 11) is 0. The molecule has 5 N–H and O–H groups in total. The Hall–Kier alpha value is -1.85. The summed E-state index contributed by atoms with van der Waals surface area (Å²) >= 11 is 0. The summed E-state index contributed by atoms with van der Waals surface area (Å²) in [6, 6.07) is 5.81. The minimum Gasteiger partial charge on any atom is -0.481 e. The molecular weight excluding hydrogens is 244 g/mol. The summed E-state index contributed by atoms with van der Waals surface area (Å²) in [6.07, 6.45) is 3.27. The number of nitrogens with one attached hydrogen (secondary N) is 1. The first-order valence-electron chi connectivity index (χ1n) is 6.22. The van der Waals surface area contributed by atoms with E-state index in [1.165, 1.54) is 5.56 Å². The third kappa shape index (κ3) is 2.77. The predicted molar refractivity (Wildman–Crippen MR) is 72.9 cm³/mol. The molecule has 1 aliphatic rings. The van der Waals surface area contributed by atoms with E-state index >= 15 is 0 Å². The van der Waals surface area contributed by atoms with Crippen molar-refractivity contribution in [1.82, 2.24) is 4.98 Å². The van der Waals surface area contributed by atoms with Crippen molar-refractivity contribution in [2.24, 2.45) is 5.73 Å². The average molecular weight is 262 g/mol. The van der Waals surface area contributed by atoms with Gasteiger partial charge < -0.3 is 20.9 Å². The third-order valence-electron chi connectivity index (χ3n) is 3.29. The fourth-order valence-electron chi connectivity index (χ4n) is 2.44. The zero-order valence-electron chi connectivity index (χ0n) is 10.8. The summed E-state index contributed by atoms with van der Waals surface area (Å²) in [5.74, 6) is -0.833. The highest BCUT2D eigenvalue weighted by Gasteiger charge is 2.24. The molecule has 5 heteroatoms. The van der Waals surface area contributed by atoms with Crippen LogP contribution in [0.4, 0.5) is 0 Å². The Labute approximate surface area is 111 Å². The molecular formula is C14H18N2O3. The monoisotopic (exact) mass is 262 g/mol. The number of H-pyrrole nitrogens is 1. The molecule has 0 amide bonds. The largest absolute Gasteiger partial charge is 0.481 e. The van der Waals surface area contributed by atoms with Crippen molar-refractivity contribution >= 4 is 16.9 Å². The van der Waals surface area contributed by atoms with Crippen LogP contribution < -0.4 is 5.73 Å². The lowest BCUT2D eigenvalue weighted by Gasteiger charge is -2.16. The van der Waals surface area contributed by atoms with Crippen molar-refractivity contribution in [3.8, 4) is 0 Å². The second-order valence-electron chi connectivity index (χ2n) is 4.75. The minimum atomic E-state index is -0.833. The topological polar surface area (TPSA) is 99.3 Å². The van der Waals surface area contributed by atoms with Gasteiger partial charge in [-0.3, -0.25) is 4.79 Å². The maximum Gasteiger partial charge on any atom is 0.300 e. The Balaban J connectivity index is 0.000000297. The van der Waals surface area contributed by atoms with Gasteiger partial charge in [0.1, 0.15) is 0 Å². The van der Waals surface area contributed by atoms with Gasteiger partial charge >= 0.3 is 0 Å². The van der Waals surface area contributed by atoms with Crippen molar-refractivity contribution in [1.29, 1.82) is 0 Å². The van der Waals surface area contributed by atoms with Crippen LogP contribution in [0.15, 0.2) is 24.4 Å². The number of carboxylic acids is 1. The number of aliphatic hydroxyl groups is 1. The van der Waals surface area contributed by atoms with Gasteiger partial charge in [0, 0.05) is 30.1 Å². The molecule has 1 aliphatic carbocycles. The van der Waals surface area contributed by atoms with E-state index in [1.807, 2.05) is 24.4 Å². The quantitative estimate of drug-likeness (QED) is 0.579. The fourth-order valence-corrected chi connectivity index (χ4v) is 2.44. The van der Waals surface area contributed by atoms with Crippen molar-refractivity contribution in [2.45, 2.75) is 31.9 Å². The van der Waals surface area contributed by atoms with E-state index in [2.05, 4.69) is 4.98 Å². The average Bonchev–Trinajstić information content (AvgIpc) is 2.72. The molecule has 2 atom stereocenters. The van der Waals surface area contributed by atoms with Crippen LogP contribution in [0.5, 0.6) is 0 Å². The molecule has 0 spiro atoms. The van der Waals surface area contributed by atoms with Crippen LogP contribution >= 0.6 is 0 Å². The molecule has 0 unspecified atom stereocenters. The lowest BCUT2D eigenvalue weighted by atomic mass is 10.0. The Morgan fingerprint density at radius 1 is 1.47 bits per heavy atom. The van der Waals surface area contributed by atoms with Gasteiger partial charge in [0.25, 0.3) is 5.97 Å². The predicted octanol–water partition coefficient (Wildman–Crippen LogP) is 1.57. The smallest absolute Gasteiger partial charge is 0.300 e. The highest BCUT2D eigenvalue weighted by molar-refractivity contribution is 5.87. The summed E-state index contributed by atoms with van der Waals surface area (Å²) in [6.45, 7) is 1.08. The van der Waals surface area contributed by atoms with Gasteiger partial charge in [-0.05, 0) is 30.0 Å². The number of nitrogens with two attached hydrogens (primary N) is 1. The maximum absolute atomic E-state index is 10.1. The maximum atomic E-state index is 10.1. The first kappa shape index (κ1) is 13.6. The number of carboxylic acid groups (broad SMARTS) is 1. The highest BCUT2D eigenvalue weighted by Crippen LogP contribution is 2.33. The zero-order chi connectivity index (χ0) is 14.0. The van der Waals surface area contributed by atoms with E-state index in [1.54, 1.807) is 0 Å². The second-order valence-corrected chi connectivity index (χ2v) is 4.75. The standard InChI is InChI=1S/C12H14N2O.C2H4O2/c13-9-5-4-7-6-14-10-3-1-2-8(11(7)10)12(9)15;1-2(3)4/h1-3,6,9,12,14-15H,4-5,13H2;1H3,(H,3,4)/t9-,12-;/m0./s1. The molecule has 0 saturated heterocycles. The normalized spacial score (nSPS) is 21.4. The van der Waals surface area contributed by atoms with Crippen LogP contribution in [-0.4, -0.2) is 27.2 Å². The lowest BCUT2D eigenvalue weighted by molar-refractivity contribution is -0.134. The molecule has 0 fully saturated rings. The molecule has 1 aromatic carbocycles. The molecule has 102 valence electrons.